The molecule has 0 spiro atoms. The van der Waals surface area contributed by atoms with Gasteiger partial charge in [0.25, 0.3) is 0 Å². The zero-order valence-corrected chi connectivity index (χ0v) is 11.4. The summed E-state index contributed by atoms with van der Waals surface area (Å²) >= 11 is 0. The van der Waals surface area contributed by atoms with E-state index in [1.165, 1.54) is 0 Å². The highest BCUT2D eigenvalue weighted by atomic mass is 16.5. The number of hydrogen-bond acceptors (Lipinski definition) is 4. The first-order valence-electron chi connectivity index (χ1n) is 6.79. The Balaban J connectivity index is 1.60. The Kier molecular flexibility index (Phi) is 3.96. The van der Waals surface area contributed by atoms with Gasteiger partial charge >= 0.3 is 5.97 Å². The minimum Gasteiger partial charge on any atom is -0.475 e. The topological polar surface area (TPSA) is 47.9 Å². The fourth-order valence-corrected chi connectivity index (χ4v) is 2.06. The smallest absolute Gasteiger partial charge is 0.334 e. The lowest BCUT2D eigenvalue weighted by molar-refractivity contribution is -0.146. The molecular weight excluding hydrogens is 266 g/mol. The van der Waals surface area contributed by atoms with Crippen molar-refractivity contribution in [2.75, 3.05) is 6.61 Å². The minimum atomic E-state index is -0.580. The van der Waals surface area contributed by atoms with E-state index in [1.807, 2.05) is 60.7 Å². The third kappa shape index (κ3) is 3.28. The van der Waals surface area contributed by atoms with Gasteiger partial charge in [-0.25, -0.2) is 9.79 Å². The highest BCUT2D eigenvalue weighted by Crippen LogP contribution is 2.13. The summed E-state index contributed by atoms with van der Waals surface area (Å²) in [6.45, 7) is 0.490. The Bertz CT molecular complexity index is 638. The highest BCUT2D eigenvalue weighted by molar-refractivity contribution is 5.97. The van der Waals surface area contributed by atoms with E-state index >= 15 is 0 Å². The molecule has 0 unspecified atom stereocenters. The number of benzene rings is 2. The SMILES string of the molecule is O=C(OCc1ccccc1)[C@@H]1COC(c2ccccc2)=N1. The van der Waals surface area contributed by atoms with Crippen molar-refractivity contribution >= 4 is 11.9 Å². The molecule has 106 valence electrons. The van der Waals surface area contributed by atoms with Crippen molar-refractivity contribution in [1.82, 2.24) is 0 Å². The van der Waals surface area contributed by atoms with Gasteiger partial charge in [0.1, 0.15) is 13.2 Å². The summed E-state index contributed by atoms with van der Waals surface area (Å²) in [5.41, 5.74) is 1.83. The molecule has 0 amide bonds. The molecule has 4 heteroatoms. The van der Waals surface area contributed by atoms with E-state index in [0.717, 1.165) is 11.1 Å². The fraction of sp³-hybridized carbons (Fsp3) is 0.176. The second-order valence-corrected chi connectivity index (χ2v) is 4.72. The zero-order chi connectivity index (χ0) is 14.5. The molecule has 0 fully saturated rings. The van der Waals surface area contributed by atoms with Crippen LogP contribution < -0.4 is 0 Å². The zero-order valence-electron chi connectivity index (χ0n) is 11.4. The molecule has 0 radical (unpaired) electrons. The van der Waals surface area contributed by atoms with Crippen LogP contribution in [0, 0.1) is 0 Å². The summed E-state index contributed by atoms with van der Waals surface area (Å²) in [6.07, 6.45) is 0. The first-order chi connectivity index (χ1) is 10.3. The molecule has 4 nitrogen and oxygen atoms in total. The molecule has 21 heavy (non-hydrogen) atoms. The van der Waals surface area contributed by atoms with E-state index in [0.29, 0.717) is 5.90 Å². The fourth-order valence-electron chi connectivity index (χ4n) is 2.06. The van der Waals surface area contributed by atoms with Crippen LogP contribution in [-0.2, 0) is 20.9 Å². The predicted molar refractivity (Wildman–Crippen MR) is 79.0 cm³/mol. The van der Waals surface area contributed by atoms with Crippen molar-refractivity contribution in [2.24, 2.45) is 4.99 Å². The molecule has 1 atom stereocenters. The number of aliphatic imine (C=N–C) groups is 1. The molecule has 0 bridgehead atoms. The van der Waals surface area contributed by atoms with E-state index in [9.17, 15) is 4.79 Å². The van der Waals surface area contributed by atoms with Crippen LogP contribution in [0.5, 0.6) is 0 Å². The van der Waals surface area contributed by atoms with Gasteiger partial charge in [-0.2, -0.15) is 0 Å². The monoisotopic (exact) mass is 281 g/mol. The molecule has 2 aromatic rings. The van der Waals surface area contributed by atoms with Gasteiger partial charge in [-0.05, 0) is 17.7 Å². The average molecular weight is 281 g/mol. The first-order valence-corrected chi connectivity index (χ1v) is 6.79. The first kappa shape index (κ1) is 13.4. The van der Waals surface area contributed by atoms with Crippen molar-refractivity contribution < 1.29 is 14.3 Å². The van der Waals surface area contributed by atoms with E-state index in [4.69, 9.17) is 9.47 Å². The quantitative estimate of drug-likeness (QED) is 0.809. The Morgan fingerprint density at radius 2 is 1.76 bits per heavy atom. The normalized spacial score (nSPS) is 17.0. The van der Waals surface area contributed by atoms with E-state index in [-0.39, 0.29) is 19.2 Å². The maximum atomic E-state index is 12.0. The van der Waals surface area contributed by atoms with Crippen LogP contribution in [-0.4, -0.2) is 24.5 Å². The molecule has 0 N–H and O–H groups in total. The van der Waals surface area contributed by atoms with Crippen LogP contribution in [0.25, 0.3) is 0 Å². The number of hydrogen-bond donors (Lipinski definition) is 0. The lowest BCUT2D eigenvalue weighted by atomic mass is 10.2. The number of esters is 1. The second-order valence-electron chi connectivity index (χ2n) is 4.72. The van der Waals surface area contributed by atoms with Crippen LogP contribution in [0.15, 0.2) is 65.7 Å². The van der Waals surface area contributed by atoms with Gasteiger partial charge in [-0.15, -0.1) is 0 Å². The van der Waals surface area contributed by atoms with Crippen molar-refractivity contribution in [2.45, 2.75) is 12.6 Å². The van der Waals surface area contributed by atoms with Crippen molar-refractivity contribution in [3.05, 3.63) is 71.8 Å². The minimum absolute atomic E-state index is 0.234. The summed E-state index contributed by atoms with van der Waals surface area (Å²) in [5.74, 6) is 0.141. The maximum Gasteiger partial charge on any atom is 0.334 e. The van der Waals surface area contributed by atoms with Crippen LogP contribution in [0.3, 0.4) is 0 Å². The molecule has 1 aliphatic heterocycles. The Morgan fingerprint density at radius 3 is 2.48 bits per heavy atom. The second kappa shape index (κ2) is 6.22. The van der Waals surface area contributed by atoms with Crippen molar-refractivity contribution in [3.8, 4) is 0 Å². The summed E-state index contributed by atoms with van der Waals surface area (Å²) in [5, 5.41) is 0. The summed E-state index contributed by atoms with van der Waals surface area (Å²) in [6, 6.07) is 18.5. The predicted octanol–water partition coefficient (Wildman–Crippen LogP) is 2.58. The lowest BCUT2D eigenvalue weighted by Crippen LogP contribution is -2.22. The molecule has 0 saturated carbocycles. The molecule has 2 aromatic carbocycles. The van der Waals surface area contributed by atoms with Crippen molar-refractivity contribution in [3.63, 3.8) is 0 Å². The molecule has 0 aliphatic carbocycles. The number of carbonyl (C=O) groups excluding carboxylic acids is 1. The van der Waals surface area contributed by atoms with Gasteiger partial charge in [-0.1, -0.05) is 48.5 Å². The van der Waals surface area contributed by atoms with Gasteiger partial charge in [-0.3, -0.25) is 0 Å². The molecule has 0 saturated heterocycles. The van der Waals surface area contributed by atoms with E-state index in [1.54, 1.807) is 0 Å². The van der Waals surface area contributed by atoms with Gasteiger partial charge in [0.05, 0.1) is 0 Å². The van der Waals surface area contributed by atoms with E-state index < -0.39 is 6.04 Å². The largest absolute Gasteiger partial charge is 0.475 e. The molecule has 1 aliphatic rings. The third-order valence-corrected chi connectivity index (χ3v) is 3.17. The molecular formula is C17H15NO3. The molecule has 3 rings (SSSR count). The Morgan fingerprint density at radius 1 is 1.10 bits per heavy atom. The summed E-state index contributed by atoms with van der Waals surface area (Å²) < 4.78 is 10.7. The van der Waals surface area contributed by atoms with Crippen LogP contribution >= 0.6 is 0 Å². The van der Waals surface area contributed by atoms with E-state index in [2.05, 4.69) is 4.99 Å². The van der Waals surface area contributed by atoms with Gasteiger partial charge in [0, 0.05) is 5.56 Å². The number of nitrogens with zero attached hydrogens (tertiary/aromatic N) is 1. The standard InChI is InChI=1S/C17H15NO3/c19-17(21-11-13-7-3-1-4-8-13)15-12-20-16(18-15)14-9-5-2-6-10-14/h1-10,15H,11-12H2/t15-/m0/s1. The number of rotatable bonds is 4. The van der Waals surface area contributed by atoms with Gasteiger partial charge in [0.2, 0.25) is 5.90 Å². The Labute approximate surface area is 123 Å². The summed E-state index contributed by atoms with van der Waals surface area (Å²) in [4.78, 5) is 16.3. The van der Waals surface area contributed by atoms with Gasteiger partial charge < -0.3 is 9.47 Å². The summed E-state index contributed by atoms with van der Waals surface area (Å²) in [7, 11) is 0. The molecule has 1 heterocycles. The highest BCUT2D eigenvalue weighted by Gasteiger charge is 2.27. The molecule has 0 aromatic heterocycles. The van der Waals surface area contributed by atoms with Gasteiger partial charge in [0.15, 0.2) is 6.04 Å². The van der Waals surface area contributed by atoms with Crippen LogP contribution in [0.4, 0.5) is 0 Å². The number of ether oxygens (including phenoxy) is 2. The van der Waals surface area contributed by atoms with Crippen molar-refractivity contribution in [1.29, 1.82) is 0 Å². The maximum absolute atomic E-state index is 12.0. The third-order valence-electron chi connectivity index (χ3n) is 3.17. The number of carbonyl (C=O) groups is 1. The van der Waals surface area contributed by atoms with Crippen LogP contribution in [0.2, 0.25) is 0 Å². The lowest BCUT2D eigenvalue weighted by Gasteiger charge is -2.06. The Hall–Kier alpha value is -2.62. The van der Waals surface area contributed by atoms with Crippen LogP contribution in [0.1, 0.15) is 11.1 Å². The average Bonchev–Trinajstić information content (AvgIpc) is 3.04.